The van der Waals surface area contributed by atoms with Crippen LogP contribution in [0.25, 0.3) is 0 Å². The molecule has 0 spiro atoms. The van der Waals surface area contributed by atoms with E-state index in [0.717, 1.165) is 24.2 Å². The summed E-state index contributed by atoms with van der Waals surface area (Å²) in [4.78, 5) is 12.6. The zero-order valence-electron chi connectivity index (χ0n) is 11.8. The van der Waals surface area contributed by atoms with Crippen molar-refractivity contribution in [1.29, 1.82) is 0 Å². The van der Waals surface area contributed by atoms with E-state index in [2.05, 4.69) is 5.32 Å². The van der Waals surface area contributed by atoms with Crippen molar-refractivity contribution in [2.45, 2.75) is 42.0 Å². The number of piperidine rings is 1. The van der Waals surface area contributed by atoms with Gasteiger partial charge in [0.15, 0.2) is 0 Å². The van der Waals surface area contributed by atoms with E-state index < -0.39 is 10.0 Å². The zero-order chi connectivity index (χ0) is 15.0. The van der Waals surface area contributed by atoms with E-state index in [0.29, 0.717) is 18.0 Å². The van der Waals surface area contributed by atoms with Crippen LogP contribution in [-0.2, 0) is 14.8 Å². The van der Waals surface area contributed by atoms with Crippen LogP contribution in [0.5, 0.6) is 0 Å². The largest absolute Gasteiger partial charge is 0.324 e. The third-order valence-electron chi connectivity index (χ3n) is 3.93. The second kappa shape index (κ2) is 5.62. The molecule has 5 nitrogen and oxygen atoms in total. The molecule has 1 fully saturated rings. The molecule has 0 bridgehead atoms. The Balaban J connectivity index is 1.95. The predicted molar refractivity (Wildman–Crippen MR) is 83.0 cm³/mol. The summed E-state index contributed by atoms with van der Waals surface area (Å²) in [6.07, 6.45) is 2.88. The van der Waals surface area contributed by atoms with Gasteiger partial charge in [-0.25, -0.2) is 8.42 Å². The lowest BCUT2D eigenvalue weighted by Crippen LogP contribution is -2.41. The zero-order valence-corrected chi connectivity index (χ0v) is 13.5. The minimum Gasteiger partial charge on any atom is -0.324 e. The molecule has 0 aliphatic carbocycles. The van der Waals surface area contributed by atoms with Crippen molar-refractivity contribution in [2.75, 3.05) is 17.6 Å². The molecular formula is C14H18N2O3S2. The van der Waals surface area contributed by atoms with Crippen molar-refractivity contribution in [2.24, 2.45) is 0 Å². The molecule has 1 aromatic rings. The SMILES string of the molecule is C[C@@H]1CCCCN1S(=O)(=O)c1ccc2c(c1)NC(=O)CS2. The van der Waals surface area contributed by atoms with Crippen LogP contribution < -0.4 is 5.32 Å². The molecule has 1 atom stereocenters. The lowest BCUT2D eigenvalue weighted by atomic mass is 10.1. The first-order chi connectivity index (χ1) is 9.98. The highest BCUT2D eigenvalue weighted by molar-refractivity contribution is 8.00. The maximum absolute atomic E-state index is 12.8. The number of fused-ring (bicyclic) bond motifs is 1. The molecule has 0 radical (unpaired) electrons. The highest BCUT2D eigenvalue weighted by atomic mass is 32.2. The van der Waals surface area contributed by atoms with Gasteiger partial charge in [-0.2, -0.15) is 4.31 Å². The van der Waals surface area contributed by atoms with Crippen LogP contribution in [0.1, 0.15) is 26.2 Å². The number of nitrogens with one attached hydrogen (secondary N) is 1. The third-order valence-corrected chi connectivity index (χ3v) is 7.02. The Bertz CT molecular complexity index is 673. The molecule has 0 unspecified atom stereocenters. The number of sulfonamides is 1. The van der Waals surface area contributed by atoms with Crippen molar-refractivity contribution in [3.8, 4) is 0 Å². The number of thioether (sulfide) groups is 1. The maximum Gasteiger partial charge on any atom is 0.243 e. The van der Waals surface area contributed by atoms with Crippen molar-refractivity contribution in [1.82, 2.24) is 4.31 Å². The number of hydrogen-bond donors (Lipinski definition) is 1. The first-order valence-corrected chi connectivity index (χ1v) is 9.49. The Morgan fingerprint density at radius 1 is 1.33 bits per heavy atom. The maximum atomic E-state index is 12.8. The minimum atomic E-state index is -3.49. The number of benzene rings is 1. The lowest BCUT2D eigenvalue weighted by Gasteiger charge is -2.32. The molecule has 21 heavy (non-hydrogen) atoms. The Kier molecular flexibility index (Phi) is 3.98. The van der Waals surface area contributed by atoms with E-state index in [4.69, 9.17) is 0 Å². The summed E-state index contributed by atoms with van der Waals surface area (Å²) in [5, 5.41) is 2.74. The third kappa shape index (κ3) is 2.82. The Hall–Kier alpha value is -1.05. The lowest BCUT2D eigenvalue weighted by molar-refractivity contribution is -0.113. The first-order valence-electron chi connectivity index (χ1n) is 7.07. The summed E-state index contributed by atoms with van der Waals surface area (Å²) in [5.74, 6) is 0.288. The van der Waals surface area contributed by atoms with Crippen LogP contribution in [0.2, 0.25) is 0 Å². The highest BCUT2D eigenvalue weighted by Crippen LogP contribution is 2.34. The summed E-state index contributed by atoms with van der Waals surface area (Å²) >= 11 is 1.43. The van der Waals surface area contributed by atoms with Crippen LogP contribution in [0.15, 0.2) is 28.0 Å². The average Bonchev–Trinajstić information content (AvgIpc) is 2.46. The number of hydrogen-bond acceptors (Lipinski definition) is 4. The fourth-order valence-corrected chi connectivity index (χ4v) is 5.30. The van der Waals surface area contributed by atoms with Gasteiger partial charge < -0.3 is 5.32 Å². The number of anilines is 1. The standard InChI is InChI=1S/C14H18N2O3S2/c1-10-4-2-3-7-16(10)21(18,19)11-5-6-13-12(8-11)15-14(17)9-20-13/h5-6,8,10H,2-4,7,9H2,1H3,(H,15,17)/t10-/m1/s1. The summed E-state index contributed by atoms with van der Waals surface area (Å²) < 4.78 is 27.1. The fraction of sp³-hybridized carbons (Fsp3) is 0.500. The van der Waals surface area contributed by atoms with Gasteiger partial charge in [-0.05, 0) is 38.0 Å². The summed E-state index contributed by atoms with van der Waals surface area (Å²) in [6, 6.07) is 5.03. The van der Waals surface area contributed by atoms with Crippen molar-refractivity contribution < 1.29 is 13.2 Å². The quantitative estimate of drug-likeness (QED) is 0.905. The molecule has 1 aromatic carbocycles. The number of amides is 1. The molecule has 1 saturated heterocycles. The number of nitrogens with zero attached hydrogens (tertiary/aromatic N) is 1. The van der Waals surface area contributed by atoms with E-state index in [9.17, 15) is 13.2 Å². The van der Waals surface area contributed by atoms with Crippen LogP contribution in [-0.4, -0.2) is 37.0 Å². The molecule has 7 heteroatoms. The summed E-state index contributed by atoms with van der Waals surface area (Å²) in [6.45, 7) is 2.52. The predicted octanol–water partition coefficient (Wildman–Crippen LogP) is 2.29. The van der Waals surface area contributed by atoms with E-state index in [1.54, 1.807) is 22.5 Å². The molecule has 0 aromatic heterocycles. The highest BCUT2D eigenvalue weighted by Gasteiger charge is 2.31. The number of carbonyl (C=O) groups excluding carboxylic acids is 1. The van der Waals surface area contributed by atoms with E-state index in [1.807, 2.05) is 6.92 Å². The Labute approximate surface area is 129 Å². The topological polar surface area (TPSA) is 66.5 Å². The van der Waals surface area contributed by atoms with Gasteiger partial charge in [-0.15, -0.1) is 11.8 Å². The molecule has 2 aliphatic heterocycles. The molecular weight excluding hydrogens is 308 g/mol. The van der Waals surface area contributed by atoms with Gasteiger partial charge in [0.1, 0.15) is 0 Å². The number of rotatable bonds is 2. The van der Waals surface area contributed by atoms with Gasteiger partial charge in [0.05, 0.1) is 16.3 Å². The number of carbonyl (C=O) groups is 1. The van der Waals surface area contributed by atoms with Gasteiger partial charge in [-0.3, -0.25) is 4.79 Å². The van der Waals surface area contributed by atoms with Gasteiger partial charge in [-0.1, -0.05) is 6.42 Å². The van der Waals surface area contributed by atoms with Gasteiger partial charge >= 0.3 is 0 Å². The van der Waals surface area contributed by atoms with Crippen molar-refractivity contribution in [3.63, 3.8) is 0 Å². The van der Waals surface area contributed by atoms with E-state index in [-0.39, 0.29) is 16.8 Å². The van der Waals surface area contributed by atoms with Crippen LogP contribution in [0, 0.1) is 0 Å². The van der Waals surface area contributed by atoms with Crippen LogP contribution in [0.4, 0.5) is 5.69 Å². The Morgan fingerprint density at radius 2 is 2.14 bits per heavy atom. The second-order valence-corrected chi connectivity index (χ2v) is 8.36. The van der Waals surface area contributed by atoms with Gasteiger partial charge in [0.25, 0.3) is 0 Å². The normalized spacial score (nSPS) is 23.5. The average molecular weight is 326 g/mol. The monoisotopic (exact) mass is 326 g/mol. The molecule has 2 aliphatic rings. The fourth-order valence-electron chi connectivity index (χ4n) is 2.79. The molecule has 0 saturated carbocycles. The van der Waals surface area contributed by atoms with Crippen molar-refractivity contribution >= 4 is 33.4 Å². The molecule has 3 rings (SSSR count). The molecule has 1 amide bonds. The van der Waals surface area contributed by atoms with Crippen molar-refractivity contribution in [3.05, 3.63) is 18.2 Å². The minimum absolute atomic E-state index is 0.0312. The van der Waals surface area contributed by atoms with E-state index in [1.165, 1.54) is 11.8 Å². The van der Waals surface area contributed by atoms with Crippen LogP contribution >= 0.6 is 11.8 Å². The summed E-state index contributed by atoms with van der Waals surface area (Å²) in [7, 11) is -3.49. The van der Waals surface area contributed by atoms with Crippen LogP contribution in [0.3, 0.4) is 0 Å². The molecule has 2 heterocycles. The van der Waals surface area contributed by atoms with E-state index >= 15 is 0 Å². The summed E-state index contributed by atoms with van der Waals surface area (Å²) in [5.41, 5.74) is 0.599. The molecule has 114 valence electrons. The van der Waals surface area contributed by atoms with Gasteiger partial charge in [0.2, 0.25) is 15.9 Å². The van der Waals surface area contributed by atoms with Gasteiger partial charge in [0, 0.05) is 17.5 Å². The second-order valence-electron chi connectivity index (χ2n) is 5.46. The Morgan fingerprint density at radius 3 is 2.90 bits per heavy atom. The first kappa shape index (κ1) is 14.9. The smallest absolute Gasteiger partial charge is 0.243 e. The molecule has 1 N–H and O–H groups in total.